The fourth-order valence-electron chi connectivity index (χ4n) is 1.99. The van der Waals surface area contributed by atoms with E-state index in [0.717, 1.165) is 12.1 Å². The van der Waals surface area contributed by atoms with Gasteiger partial charge < -0.3 is 15.7 Å². The van der Waals surface area contributed by atoms with Crippen LogP contribution in [-0.2, 0) is 9.59 Å². The van der Waals surface area contributed by atoms with Gasteiger partial charge in [-0.1, -0.05) is 0 Å². The third kappa shape index (κ3) is 2.27. The second-order valence-corrected chi connectivity index (χ2v) is 4.41. The van der Waals surface area contributed by atoms with Crippen molar-refractivity contribution in [1.82, 2.24) is 5.32 Å². The van der Waals surface area contributed by atoms with Gasteiger partial charge in [-0.3, -0.25) is 14.9 Å². The zero-order valence-corrected chi connectivity index (χ0v) is 10.5. The molecule has 0 saturated carbocycles. The molecule has 1 aromatic carbocycles. The summed E-state index contributed by atoms with van der Waals surface area (Å²) in [5.74, 6) is -3.26. The van der Waals surface area contributed by atoms with E-state index < -0.39 is 29.6 Å². The fraction of sp³-hybridized carbons (Fsp3) is 0.250. The second-order valence-electron chi connectivity index (χ2n) is 4.41. The van der Waals surface area contributed by atoms with Gasteiger partial charge in [0.2, 0.25) is 11.8 Å². The molecule has 1 aliphatic rings. The van der Waals surface area contributed by atoms with Crippen molar-refractivity contribution in [2.45, 2.75) is 13.0 Å². The van der Waals surface area contributed by atoms with Crippen molar-refractivity contribution >= 4 is 29.2 Å². The maximum Gasteiger partial charge on any atom is 0.337 e. The number of carboxylic acids is 1. The predicted octanol–water partition coefficient (Wildman–Crippen LogP) is -0.0426. The number of carbonyl (C=O) groups is 3. The minimum Gasteiger partial charge on any atom is -0.478 e. The average Bonchev–Trinajstić information content (AvgIpc) is 2.33. The van der Waals surface area contributed by atoms with Gasteiger partial charge in [0.1, 0.15) is 11.9 Å². The van der Waals surface area contributed by atoms with Crippen LogP contribution in [0, 0.1) is 5.82 Å². The van der Waals surface area contributed by atoms with Crippen molar-refractivity contribution in [3.05, 3.63) is 23.5 Å². The highest BCUT2D eigenvalue weighted by Gasteiger charge is 2.32. The molecule has 1 atom stereocenters. The number of imide groups is 1. The highest BCUT2D eigenvalue weighted by Crippen LogP contribution is 2.27. The minimum atomic E-state index is -1.32. The minimum absolute atomic E-state index is 0.146. The zero-order chi connectivity index (χ0) is 15.0. The Labute approximate surface area is 113 Å². The van der Waals surface area contributed by atoms with Crippen molar-refractivity contribution in [1.29, 1.82) is 0 Å². The lowest BCUT2D eigenvalue weighted by molar-refractivity contribution is -0.132. The highest BCUT2D eigenvalue weighted by atomic mass is 19.1. The highest BCUT2D eigenvalue weighted by molar-refractivity contribution is 6.05. The number of carbonyl (C=O) groups excluding carboxylic acids is 2. The lowest BCUT2D eigenvalue weighted by atomic mass is 10.1. The van der Waals surface area contributed by atoms with E-state index in [9.17, 15) is 18.8 Å². The number of nitrogens with two attached hydrogens (primary N) is 1. The first-order valence-corrected chi connectivity index (χ1v) is 5.74. The molecule has 2 amide bonds. The van der Waals surface area contributed by atoms with Gasteiger partial charge in [-0.05, 0) is 19.1 Å². The lowest BCUT2D eigenvalue weighted by Gasteiger charge is -2.33. The Morgan fingerprint density at radius 1 is 1.50 bits per heavy atom. The summed E-state index contributed by atoms with van der Waals surface area (Å²) < 4.78 is 13.9. The number of aromatic carboxylic acids is 1. The van der Waals surface area contributed by atoms with E-state index in [-0.39, 0.29) is 23.5 Å². The van der Waals surface area contributed by atoms with Gasteiger partial charge in [0.15, 0.2) is 0 Å². The molecule has 1 saturated heterocycles. The summed E-state index contributed by atoms with van der Waals surface area (Å²) in [4.78, 5) is 35.1. The van der Waals surface area contributed by atoms with Crippen LogP contribution in [-0.4, -0.2) is 35.5 Å². The van der Waals surface area contributed by atoms with Crippen LogP contribution in [0.2, 0.25) is 0 Å². The Morgan fingerprint density at radius 2 is 2.15 bits per heavy atom. The maximum absolute atomic E-state index is 13.9. The molecule has 0 aromatic heterocycles. The molecule has 106 valence electrons. The molecule has 1 heterocycles. The molecule has 1 aliphatic heterocycles. The molecule has 2 rings (SSSR count). The lowest BCUT2D eigenvalue weighted by Crippen LogP contribution is -2.57. The van der Waals surface area contributed by atoms with Crippen LogP contribution in [0.25, 0.3) is 0 Å². The number of rotatable bonds is 2. The number of anilines is 2. The van der Waals surface area contributed by atoms with Crippen molar-refractivity contribution in [2.24, 2.45) is 0 Å². The predicted molar refractivity (Wildman–Crippen MR) is 67.7 cm³/mol. The van der Waals surface area contributed by atoms with Crippen LogP contribution in [0.3, 0.4) is 0 Å². The van der Waals surface area contributed by atoms with E-state index in [1.165, 1.54) is 11.8 Å². The number of piperazine rings is 1. The molecule has 1 unspecified atom stereocenters. The first-order chi connectivity index (χ1) is 9.31. The Bertz CT molecular complexity index is 617. The summed E-state index contributed by atoms with van der Waals surface area (Å²) in [6, 6.07) is 1.09. The number of nitrogen functional groups attached to an aromatic ring is 1. The molecule has 0 radical (unpaired) electrons. The van der Waals surface area contributed by atoms with Gasteiger partial charge in [0, 0.05) is 5.69 Å². The van der Waals surface area contributed by atoms with Gasteiger partial charge >= 0.3 is 5.97 Å². The van der Waals surface area contributed by atoms with Crippen molar-refractivity contribution in [3.63, 3.8) is 0 Å². The van der Waals surface area contributed by atoms with Gasteiger partial charge in [0.05, 0.1) is 17.8 Å². The summed E-state index contributed by atoms with van der Waals surface area (Å²) in [7, 11) is 0. The monoisotopic (exact) mass is 281 g/mol. The molecule has 0 aliphatic carbocycles. The Hall–Kier alpha value is -2.64. The van der Waals surface area contributed by atoms with Gasteiger partial charge in [-0.2, -0.15) is 0 Å². The van der Waals surface area contributed by atoms with Gasteiger partial charge in [0.25, 0.3) is 0 Å². The SMILES string of the molecule is CC1C(=O)NC(=O)CN1c1cc(C(=O)O)c(N)cc1F. The summed E-state index contributed by atoms with van der Waals surface area (Å²) in [5, 5.41) is 11.1. The number of hydrogen-bond donors (Lipinski definition) is 3. The average molecular weight is 281 g/mol. The number of amides is 2. The largest absolute Gasteiger partial charge is 0.478 e. The number of halogens is 1. The normalized spacial score (nSPS) is 18.9. The summed E-state index contributed by atoms with van der Waals surface area (Å²) in [6.07, 6.45) is 0. The standard InChI is InChI=1S/C12H12FN3O4/c1-5-11(18)15-10(17)4-16(5)9-2-6(12(19)20)8(14)3-7(9)13/h2-3,5H,4,14H2,1H3,(H,19,20)(H,15,17,18). The van der Waals surface area contributed by atoms with Crippen molar-refractivity contribution < 1.29 is 23.9 Å². The Kier molecular flexibility index (Phi) is 3.31. The molecular weight excluding hydrogens is 269 g/mol. The van der Waals surface area contributed by atoms with Crippen LogP contribution in [0.15, 0.2) is 12.1 Å². The van der Waals surface area contributed by atoms with Gasteiger partial charge in [-0.25, -0.2) is 9.18 Å². The molecule has 4 N–H and O–H groups in total. The number of nitrogens with zero attached hydrogens (tertiary/aromatic N) is 1. The van der Waals surface area contributed by atoms with Crippen molar-refractivity contribution in [3.8, 4) is 0 Å². The van der Waals surface area contributed by atoms with Crippen molar-refractivity contribution in [2.75, 3.05) is 17.2 Å². The number of benzene rings is 1. The van der Waals surface area contributed by atoms with Crippen LogP contribution < -0.4 is 16.0 Å². The molecule has 0 spiro atoms. The van der Waals surface area contributed by atoms with Crippen LogP contribution in [0.5, 0.6) is 0 Å². The molecule has 1 fully saturated rings. The first-order valence-electron chi connectivity index (χ1n) is 5.74. The third-order valence-electron chi connectivity index (χ3n) is 3.08. The molecule has 1 aromatic rings. The smallest absolute Gasteiger partial charge is 0.337 e. The molecule has 20 heavy (non-hydrogen) atoms. The first kappa shape index (κ1) is 13.8. The quantitative estimate of drug-likeness (QED) is 0.518. The maximum atomic E-state index is 13.9. The molecule has 0 bridgehead atoms. The van der Waals surface area contributed by atoms with E-state index in [1.54, 1.807) is 0 Å². The van der Waals surface area contributed by atoms with E-state index >= 15 is 0 Å². The van der Waals surface area contributed by atoms with Crippen LogP contribution in [0.4, 0.5) is 15.8 Å². The molecule has 8 heteroatoms. The Balaban J connectivity index is 2.51. The van der Waals surface area contributed by atoms with E-state index in [0.29, 0.717) is 0 Å². The topological polar surface area (TPSA) is 113 Å². The summed E-state index contributed by atoms with van der Waals surface area (Å²) in [6.45, 7) is 1.24. The zero-order valence-electron chi connectivity index (χ0n) is 10.5. The van der Waals surface area contributed by atoms with Crippen LogP contribution >= 0.6 is 0 Å². The van der Waals surface area contributed by atoms with E-state index in [1.807, 2.05) is 0 Å². The van der Waals surface area contributed by atoms with Crippen LogP contribution in [0.1, 0.15) is 17.3 Å². The number of carboxylic acid groups (broad SMARTS) is 1. The van der Waals surface area contributed by atoms with E-state index in [2.05, 4.69) is 5.32 Å². The fourth-order valence-corrected chi connectivity index (χ4v) is 1.99. The Morgan fingerprint density at radius 3 is 2.75 bits per heavy atom. The molecule has 7 nitrogen and oxygen atoms in total. The second kappa shape index (κ2) is 4.80. The summed E-state index contributed by atoms with van der Waals surface area (Å²) in [5.41, 5.74) is 4.77. The number of nitrogens with one attached hydrogen (secondary N) is 1. The molecular formula is C12H12FN3O4. The van der Waals surface area contributed by atoms with E-state index in [4.69, 9.17) is 10.8 Å². The number of hydrogen-bond acceptors (Lipinski definition) is 5. The summed E-state index contributed by atoms with van der Waals surface area (Å²) >= 11 is 0. The van der Waals surface area contributed by atoms with Gasteiger partial charge in [-0.15, -0.1) is 0 Å². The third-order valence-corrected chi connectivity index (χ3v) is 3.08.